The van der Waals surface area contributed by atoms with Gasteiger partial charge < -0.3 is 9.64 Å². The van der Waals surface area contributed by atoms with E-state index in [2.05, 4.69) is 47.5 Å². The van der Waals surface area contributed by atoms with Crippen molar-refractivity contribution in [1.82, 2.24) is 14.7 Å². The highest BCUT2D eigenvalue weighted by Gasteiger charge is 2.14. The van der Waals surface area contributed by atoms with E-state index in [9.17, 15) is 8.42 Å². The molecule has 0 bridgehead atoms. The number of benzene rings is 2. The second-order valence-electron chi connectivity index (χ2n) is 7.83. The zero-order valence-electron chi connectivity index (χ0n) is 18.4. The molecule has 3 aromatic rings. The van der Waals surface area contributed by atoms with E-state index in [1.54, 1.807) is 0 Å². The standard InChI is InChI=1S/C23H27N3O.CH4O3S/c1-4-11-20(12-5-1)22-19-26(21-13-6-2-7-14-21)24-23(22)27-18-10-17-25-15-8-3-9-16-25;1-5(2,3)4/h1-2,4-7,11-14,19H,3,8-10,15-18H2;1H3,(H,2,3,4). The molecular formula is C24H31N3O4S. The van der Waals surface area contributed by atoms with Crippen LogP contribution >= 0.6 is 0 Å². The van der Waals surface area contributed by atoms with E-state index in [-0.39, 0.29) is 0 Å². The first-order valence-electron chi connectivity index (χ1n) is 10.9. The van der Waals surface area contributed by atoms with Crippen LogP contribution in [0.1, 0.15) is 25.7 Å². The van der Waals surface area contributed by atoms with E-state index in [1.807, 2.05) is 28.9 Å². The third-order valence-electron chi connectivity index (χ3n) is 5.09. The largest absolute Gasteiger partial charge is 0.476 e. The van der Waals surface area contributed by atoms with Crippen molar-refractivity contribution >= 4 is 10.1 Å². The Kier molecular flexibility index (Phi) is 8.84. The zero-order valence-corrected chi connectivity index (χ0v) is 19.2. The maximum atomic E-state index is 9.19. The normalized spacial score (nSPS) is 14.4. The summed E-state index contributed by atoms with van der Waals surface area (Å²) in [6.45, 7) is 4.28. The summed E-state index contributed by atoms with van der Waals surface area (Å²) in [7, 11) is -3.67. The van der Waals surface area contributed by atoms with E-state index in [0.717, 1.165) is 29.8 Å². The van der Waals surface area contributed by atoms with Crippen LogP contribution < -0.4 is 4.74 Å². The number of para-hydroxylation sites is 1. The summed E-state index contributed by atoms with van der Waals surface area (Å²) < 4.78 is 33.9. The van der Waals surface area contributed by atoms with Crippen molar-refractivity contribution in [3.8, 4) is 22.7 Å². The Labute approximate surface area is 190 Å². The first-order chi connectivity index (χ1) is 15.4. The molecule has 0 radical (unpaired) electrons. The number of hydrogen-bond acceptors (Lipinski definition) is 5. The summed E-state index contributed by atoms with van der Waals surface area (Å²) in [5.74, 6) is 0.712. The summed E-state index contributed by atoms with van der Waals surface area (Å²) >= 11 is 0. The van der Waals surface area contributed by atoms with Crippen LogP contribution in [0.3, 0.4) is 0 Å². The molecule has 0 saturated carbocycles. The fourth-order valence-corrected chi connectivity index (χ4v) is 3.63. The van der Waals surface area contributed by atoms with Crippen molar-refractivity contribution in [1.29, 1.82) is 0 Å². The van der Waals surface area contributed by atoms with Crippen molar-refractivity contribution in [3.63, 3.8) is 0 Å². The molecule has 0 amide bonds. The second kappa shape index (κ2) is 11.8. The van der Waals surface area contributed by atoms with E-state index < -0.39 is 10.1 Å². The molecule has 32 heavy (non-hydrogen) atoms. The number of aromatic nitrogens is 2. The molecule has 1 aliphatic heterocycles. The summed E-state index contributed by atoms with van der Waals surface area (Å²) in [5.41, 5.74) is 3.21. The monoisotopic (exact) mass is 457 g/mol. The van der Waals surface area contributed by atoms with Gasteiger partial charge in [-0.15, -0.1) is 5.10 Å². The number of rotatable bonds is 7. The lowest BCUT2D eigenvalue weighted by Crippen LogP contribution is -2.31. The molecule has 2 heterocycles. The Morgan fingerprint density at radius 3 is 2.19 bits per heavy atom. The molecule has 1 fully saturated rings. The SMILES string of the molecule is CS(=O)(=O)O.c1ccc(-c2cn(-c3ccccc3)nc2OCCCN2CCCCC2)cc1. The lowest BCUT2D eigenvalue weighted by Gasteiger charge is -2.26. The molecule has 0 unspecified atom stereocenters. The van der Waals surface area contributed by atoms with Crippen molar-refractivity contribution < 1.29 is 17.7 Å². The molecule has 1 aliphatic rings. The fourth-order valence-electron chi connectivity index (χ4n) is 3.63. The summed E-state index contributed by atoms with van der Waals surface area (Å²) in [6, 6.07) is 20.5. The molecule has 1 N–H and O–H groups in total. The maximum Gasteiger partial charge on any atom is 0.261 e. The van der Waals surface area contributed by atoms with Gasteiger partial charge >= 0.3 is 0 Å². The first kappa shape index (κ1) is 24.0. The van der Waals surface area contributed by atoms with Crippen molar-refractivity contribution in [3.05, 3.63) is 66.9 Å². The van der Waals surface area contributed by atoms with Crippen molar-refractivity contribution in [2.75, 3.05) is 32.5 Å². The van der Waals surface area contributed by atoms with Gasteiger partial charge in [0.15, 0.2) is 0 Å². The molecular weight excluding hydrogens is 426 g/mol. The quantitative estimate of drug-likeness (QED) is 0.421. The molecule has 1 saturated heterocycles. The van der Waals surface area contributed by atoms with Gasteiger partial charge in [-0.2, -0.15) is 8.42 Å². The second-order valence-corrected chi connectivity index (χ2v) is 9.30. The van der Waals surface area contributed by atoms with E-state index in [1.165, 1.54) is 32.4 Å². The number of ether oxygens (including phenoxy) is 1. The molecule has 0 spiro atoms. The van der Waals surface area contributed by atoms with Gasteiger partial charge in [-0.25, -0.2) is 4.68 Å². The molecule has 8 heteroatoms. The van der Waals surface area contributed by atoms with Gasteiger partial charge in [0.2, 0.25) is 5.88 Å². The summed E-state index contributed by atoms with van der Waals surface area (Å²) in [6.07, 6.45) is 7.86. The van der Waals surface area contributed by atoms with Crippen molar-refractivity contribution in [2.24, 2.45) is 0 Å². The number of piperidine rings is 1. The van der Waals surface area contributed by atoms with Gasteiger partial charge in [0.05, 0.1) is 24.1 Å². The third-order valence-corrected chi connectivity index (χ3v) is 5.09. The van der Waals surface area contributed by atoms with Gasteiger partial charge in [-0.3, -0.25) is 4.55 Å². The number of hydrogen-bond donors (Lipinski definition) is 1. The van der Waals surface area contributed by atoms with Crippen LogP contribution in [0.4, 0.5) is 0 Å². The molecule has 7 nitrogen and oxygen atoms in total. The van der Waals surface area contributed by atoms with Crippen LogP contribution in [0.5, 0.6) is 5.88 Å². The van der Waals surface area contributed by atoms with Crippen LogP contribution in [0.25, 0.3) is 16.8 Å². The number of nitrogens with zero attached hydrogens (tertiary/aromatic N) is 3. The third kappa shape index (κ3) is 8.11. The van der Waals surface area contributed by atoms with E-state index in [4.69, 9.17) is 14.4 Å². The average Bonchev–Trinajstić information content (AvgIpc) is 3.22. The molecule has 172 valence electrons. The predicted octanol–water partition coefficient (Wildman–Crippen LogP) is 4.30. The Morgan fingerprint density at radius 2 is 1.56 bits per heavy atom. The molecule has 1 aromatic heterocycles. The molecule has 0 aliphatic carbocycles. The number of likely N-dealkylation sites (tertiary alicyclic amines) is 1. The van der Waals surface area contributed by atoms with E-state index >= 15 is 0 Å². The molecule has 0 atom stereocenters. The summed E-state index contributed by atoms with van der Waals surface area (Å²) in [5, 5.41) is 4.72. The van der Waals surface area contributed by atoms with E-state index in [0.29, 0.717) is 18.7 Å². The first-order valence-corrected chi connectivity index (χ1v) is 12.7. The highest BCUT2D eigenvalue weighted by molar-refractivity contribution is 7.85. The Hall–Kier alpha value is -2.68. The molecule has 4 rings (SSSR count). The van der Waals surface area contributed by atoms with Crippen LogP contribution in [-0.2, 0) is 10.1 Å². The Balaban J connectivity index is 0.000000523. The van der Waals surface area contributed by atoms with Crippen LogP contribution in [-0.4, -0.2) is 60.1 Å². The topological polar surface area (TPSA) is 84.7 Å². The van der Waals surface area contributed by atoms with Crippen LogP contribution in [0.15, 0.2) is 66.9 Å². The Bertz CT molecular complexity index is 1040. The van der Waals surface area contributed by atoms with Gasteiger partial charge in [0, 0.05) is 12.7 Å². The lowest BCUT2D eigenvalue weighted by atomic mass is 10.1. The van der Waals surface area contributed by atoms with Crippen LogP contribution in [0, 0.1) is 0 Å². The lowest BCUT2D eigenvalue weighted by molar-refractivity contribution is 0.203. The smallest absolute Gasteiger partial charge is 0.261 e. The fraction of sp³-hybridized carbons (Fsp3) is 0.375. The zero-order chi connectivity index (χ0) is 22.8. The highest BCUT2D eigenvalue weighted by Crippen LogP contribution is 2.30. The Morgan fingerprint density at radius 1 is 0.969 bits per heavy atom. The van der Waals surface area contributed by atoms with Gasteiger partial charge in [-0.05, 0) is 50.0 Å². The van der Waals surface area contributed by atoms with Gasteiger partial charge in [-0.1, -0.05) is 55.0 Å². The van der Waals surface area contributed by atoms with Gasteiger partial charge in [0.25, 0.3) is 10.1 Å². The minimum absolute atomic E-state index is 0.697. The minimum Gasteiger partial charge on any atom is -0.476 e. The highest BCUT2D eigenvalue weighted by atomic mass is 32.2. The van der Waals surface area contributed by atoms with Crippen LogP contribution in [0.2, 0.25) is 0 Å². The summed E-state index contributed by atoms with van der Waals surface area (Å²) in [4.78, 5) is 2.55. The molecule has 2 aromatic carbocycles. The van der Waals surface area contributed by atoms with Crippen molar-refractivity contribution in [2.45, 2.75) is 25.7 Å². The van der Waals surface area contributed by atoms with Gasteiger partial charge in [0.1, 0.15) is 0 Å². The maximum absolute atomic E-state index is 9.19. The minimum atomic E-state index is -3.67. The average molecular weight is 458 g/mol. The predicted molar refractivity (Wildman–Crippen MR) is 127 cm³/mol.